The third-order valence-corrected chi connectivity index (χ3v) is 3.87. The summed E-state index contributed by atoms with van der Waals surface area (Å²) in [5.74, 6) is 1.13. The van der Waals surface area contributed by atoms with Crippen LogP contribution in [0.25, 0.3) is 0 Å². The summed E-state index contributed by atoms with van der Waals surface area (Å²) in [6.45, 7) is 2.83. The van der Waals surface area contributed by atoms with Crippen molar-refractivity contribution in [1.29, 1.82) is 0 Å². The molecule has 0 radical (unpaired) electrons. The van der Waals surface area contributed by atoms with Gasteiger partial charge in [0.25, 0.3) is 0 Å². The molecule has 0 aromatic carbocycles. The lowest BCUT2D eigenvalue weighted by atomic mass is 10.2. The zero-order chi connectivity index (χ0) is 11.0. The van der Waals surface area contributed by atoms with Gasteiger partial charge >= 0.3 is 0 Å². The lowest BCUT2D eigenvalue weighted by Crippen LogP contribution is -2.41. The minimum absolute atomic E-state index is 0.285. The predicted octanol–water partition coefficient (Wildman–Crippen LogP) is 1.34. The summed E-state index contributed by atoms with van der Waals surface area (Å²) in [6, 6.07) is 1.11. The Bertz CT molecular complexity index is 246. The van der Waals surface area contributed by atoms with Gasteiger partial charge in [-0.05, 0) is 45.6 Å². The fraction of sp³-hybridized carbons (Fsp3) is 0.917. The second-order valence-electron chi connectivity index (χ2n) is 5.23. The van der Waals surface area contributed by atoms with Crippen LogP contribution in [0.4, 0.5) is 0 Å². The van der Waals surface area contributed by atoms with E-state index in [1.807, 2.05) is 11.9 Å². The minimum Gasteiger partial charge on any atom is -0.342 e. The summed E-state index contributed by atoms with van der Waals surface area (Å²) in [5, 5.41) is 0. The summed E-state index contributed by atoms with van der Waals surface area (Å²) >= 11 is 0. The van der Waals surface area contributed by atoms with E-state index >= 15 is 0 Å². The maximum Gasteiger partial charge on any atom is 0.236 e. The van der Waals surface area contributed by atoms with E-state index in [2.05, 4.69) is 18.9 Å². The van der Waals surface area contributed by atoms with Crippen LogP contribution in [0.5, 0.6) is 0 Å². The molecule has 0 saturated heterocycles. The molecule has 0 aliphatic heterocycles. The molecule has 86 valence electrons. The fourth-order valence-corrected chi connectivity index (χ4v) is 2.07. The summed E-state index contributed by atoms with van der Waals surface area (Å²) in [4.78, 5) is 16.0. The van der Waals surface area contributed by atoms with Crippen molar-refractivity contribution in [3.05, 3.63) is 0 Å². The van der Waals surface area contributed by atoms with Crippen molar-refractivity contribution in [3.8, 4) is 0 Å². The largest absolute Gasteiger partial charge is 0.342 e. The number of rotatable bonds is 5. The van der Waals surface area contributed by atoms with Gasteiger partial charge in [-0.15, -0.1) is 0 Å². The van der Waals surface area contributed by atoms with Gasteiger partial charge in [-0.1, -0.05) is 0 Å². The van der Waals surface area contributed by atoms with E-state index in [0.717, 1.165) is 5.92 Å². The predicted molar refractivity (Wildman–Crippen MR) is 60.6 cm³/mol. The quantitative estimate of drug-likeness (QED) is 0.683. The Morgan fingerprint density at radius 1 is 1.27 bits per heavy atom. The molecule has 1 amide bonds. The number of amides is 1. The molecule has 0 bridgehead atoms. The van der Waals surface area contributed by atoms with Crippen molar-refractivity contribution < 1.29 is 4.79 Å². The summed E-state index contributed by atoms with van der Waals surface area (Å²) < 4.78 is 0. The van der Waals surface area contributed by atoms with Crippen molar-refractivity contribution in [3.63, 3.8) is 0 Å². The SMILES string of the molecule is CC(C1CC1)N(C)CC(=O)N(C)C1CC1. The lowest BCUT2D eigenvalue weighted by molar-refractivity contribution is -0.131. The van der Waals surface area contributed by atoms with Gasteiger partial charge in [0.05, 0.1) is 6.54 Å². The minimum atomic E-state index is 0.285. The van der Waals surface area contributed by atoms with E-state index in [4.69, 9.17) is 0 Å². The van der Waals surface area contributed by atoms with Crippen LogP contribution in [-0.2, 0) is 4.79 Å². The van der Waals surface area contributed by atoms with Crippen LogP contribution in [0.1, 0.15) is 32.6 Å². The average Bonchev–Trinajstić information content (AvgIpc) is 3.05. The van der Waals surface area contributed by atoms with Gasteiger partial charge in [0, 0.05) is 19.1 Å². The molecule has 2 rings (SSSR count). The van der Waals surface area contributed by atoms with Gasteiger partial charge in [-0.3, -0.25) is 9.69 Å². The van der Waals surface area contributed by atoms with Crippen molar-refractivity contribution in [2.45, 2.75) is 44.7 Å². The number of likely N-dealkylation sites (N-methyl/N-ethyl adjacent to an activating group) is 2. The topological polar surface area (TPSA) is 23.6 Å². The van der Waals surface area contributed by atoms with Crippen LogP contribution < -0.4 is 0 Å². The van der Waals surface area contributed by atoms with Crippen molar-refractivity contribution >= 4 is 5.91 Å². The molecule has 1 atom stereocenters. The molecular weight excluding hydrogens is 188 g/mol. The molecule has 0 heterocycles. The Kier molecular flexibility index (Phi) is 3.01. The first kappa shape index (κ1) is 10.9. The van der Waals surface area contributed by atoms with Gasteiger partial charge in [-0.25, -0.2) is 0 Å². The number of nitrogens with zero attached hydrogens (tertiary/aromatic N) is 2. The van der Waals surface area contributed by atoms with E-state index < -0.39 is 0 Å². The standard InChI is InChI=1S/C12H22N2O/c1-9(10-4-5-10)13(2)8-12(15)14(3)11-6-7-11/h9-11H,4-8H2,1-3H3. The first-order chi connectivity index (χ1) is 7.09. The molecule has 3 nitrogen and oxygen atoms in total. The molecule has 0 spiro atoms. The Labute approximate surface area is 92.4 Å². The highest BCUT2D eigenvalue weighted by Crippen LogP contribution is 2.34. The Balaban J connectivity index is 1.76. The number of hydrogen-bond donors (Lipinski definition) is 0. The molecule has 1 unspecified atom stereocenters. The third kappa shape index (κ3) is 2.71. The summed E-state index contributed by atoms with van der Waals surface area (Å²) in [5.41, 5.74) is 0. The normalized spacial score (nSPS) is 22.9. The van der Waals surface area contributed by atoms with Crippen LogP contribution in [0, 0.1) is 5.92 Å². The van der Waals surface area contributed by atoms with Crippen molar-refractivity contribution in [2.75, 3.05) is 20.6 Å². The zero-order valence-electron chi connectivity index (χ0n) is 10.1. The second kappa shape index (κ2) is 4.12. The maximum absolute atomic E-state index is 11.9. The van der Waals surface area contributed by atoms with Crippen LogP contribution in [0.2, 0.25) is 0 Å². The summed E-state index contributed by atoms with van der Waals surface area (Å²) in [7, 11) is 4.01. The van der Waals surface area contributed by atoms with E-state index in [0.29, 0.717) is 18.6 Å². The van der Waals surface area contributed by atoms with Crippen LogP contribution in [-0.4, -0.2) is 48.4 Å². The van der Waals surface area contributed by atoms with Gasteiger partial charge in [0.2, 0.25) is 5.91 Å². The maximum atomic E-state index is 11.9. The Hall–Kier alpha value is -0.570. The third-order valence-electron chi connectivity index (χ3n) is 3.87. The summed E-state index contributed by atoms with van der Waals surface area (Å²) in [6.07, 6.45) is 5.09. The zero-order valence-corrected chi connectivity index (χ0v) is 10.1. The van der Waals surface area contributed by atoms with Crippen LogP contribution in [0.15, 0.2) is 0 Å². The molecule has 2 aliphatic carbocycles. The highest BCUT2D eigenvalue weighted by Gasteiger charge is 2.33. The molecule has 0 N–H and O–H groups in total. The molecule has 2 fully saturated rings. The highest BCUT2D eigenvalue weighted by atomic mass is 16.2. The van der Waals surface area contributed by atoms with E-state index in [9.17, 15) is 4.79 Å². The molecule has 0 aromatic heterocycles. The number of hydrogen-bond acceptors (Lipinski definition) is 2. The molecule has 15 heavy (non-hydrogen) atoms. The first-order valence-electron chi connectivity index (χ1n) is 6.05. The number of carbonyl (C=O) groups excluding carboxylic acids is 1. The van der Waals surface area contributed by atoms with E-state index in [1.165, 1.54) is 25.7 Å². The van der Waals surface area contributed by atoms with Gasteiger partial charge in [0.15, 0.2) is 0 Å². The van der Waals surface area contributed by atoms with Crippen molar-refractivity contribution in [2.24, 2.45) is 5.92 Å². The smallest absolute Gasteiger partial charge is 0.236 e. The molecule has 2 saturated carbocycles. The van der Waals surface area contributed by atoms with E-state index in [-0.39, 0.29) is 5.91 Å². The van der Waals surface area contributed by atoms with E-state index in [1.54, 1.807) is 0 Å². The highest BCUT2D eigenvalue weighted by molar-refractivity contribution is 5.78. The van der Waals surface area contributed by atoms with Crippen LogP contribution in [0.3, 0.4) is 0 Å². The molecular formula is C12H22N2O. The van der Waals surface area contributed by atoms with Crippen LogP contribution >= 0.6 is 0 Å². The van der Waals surface area contributed by atoms with Crippen molar-refractivity contribution in [1.82, 2.24) is 9.80 Å². The fourth-order valence-electron chi connectivity index (χ4n) is 2.07. The molecule has 0 aromatic rings. The Morgan fingerprint density at radius 3 is 2.33 bits per heavy atom. The second-order valence-corrected chi connectivity index (χ2v) is 5.23. The van der Waals surface area contributed by atoms with Gasteiger partial charge in [-0.2, -0.15) is 0 Å². The van der Waals surface area contributed by atoms with Gasteiger partial charge in [0.1, 0.15) is 0 Å². The molecule has 2 aliphatic rings. The number of carbonyl (C=O) groups is 1. The molecule has 3 heteroatoms. The average molecular weight is 210 g/mol. The lowest BCUT2D eigenvalue weighted by Gasteiger charge is -2.26. The Morgan fingerprint density at radius 2 is 1.87 bits per heavy atom. The monoisotopic (exact) mass is 210 g/mol. The van der Waals surface area contributed by atoms with Gasteiger partial charge < -0.3 is 4.90 Å². The first-order valence-corrected chi connectivity index (χ1v) is 6.05.